The maximum Gasteiger partial charge on any atom is 0.324 e. The van der Waals surface area contributed by atoms with Gasteiger partial charge in [0.15, 0.2) is 6.10 Å². The summed E-state index contributed by atoms with van der Waals surface area (Å²) in [5.74, 6) is -0.176. The Labute approximate surface area is 151 Å². The van der Waals surface area contributed by atoms with E-state index < -0.39 is 16.9 Å². The summed E-state index contributed by atoms with van der Waals surface area (Å²) >= 11 is 12.7. The highest BCUT2D eigenvalue weighted by molar-refractivity contribution is 7.16. The van der Waals surface area contributed by atoms with E-state index in [0.29, 0.717) is 15.6 Å². The van der Waals surface area contributed by atoms with Crippen molar-refractivity contribution >= 4 is 51.7 Å². The van der Waals surface area contributed by atoms with Crippen molar-refractivity contribution in [2.45, 2.75) is 13.0 Å². The molecule has 1 aromatic carbocycles. The van der Waals surface area contributed by atoms with Crippen molar-refractivity contribution in [1.29, 1.82) is 0 Å². The summed E-state index contributed by atoms with van der Waals surface area (Å²) in [6.07, 6.45) is 0.468. The number of benzene rings is 1. The first kappa shape index (κ1) is 18.2. The number of hydrazone groups is 1. The van der Waals surface area contributed by atoms with Crippen LogP contribution in [0.25, 0.3) is 0 Å². The Hall–Kier alpha value is -2.16. The Morgan fingerprint density at radius 3 is 2.79 bits per heavy atom. The number of amides is 1. The Morgan fingerprint density at radius 1 is 1.42 bits per heavy atom. The van der Waals surface area contributed by atoms with E-state index in [4.69, 9.17) is 27.9 Å². The second-order valence-corrected chi connectivity index (χ2v) is 6.44. The van der Waals surface area contributed by atoms with E-state index in [9.17, 15) is 14.9 Å². The maximum atomic E-state index is 11.9. The fourth-order valence-corrected chi connectivity index (χ4v) is 2.72. The molecule has 7 nitrogen and oxygen atoms in total. The van der Waals surface area contributed by atoms with Crippen LogP contribution in [0.2, 0.25) is 10.0 Å². The Bertz CT molecular complexity index is 794. The Balaban J connectivity index is 1.91. The zero-order chi connectivity index (χ0) is 17.7. The lowest BCUT2D eigenvalue weighted by molar-refractivity contribution is -0.380. The zero-order valence-electron chi connectivity index (χ0n) is 12.2. The highest BCUT2D eigenvalue weighted by Gasteiger charge is 2.16. The van der Waals surface area contributed by atoms with Gasteiger partial charge >= 0.3 is 5.00 Å². The van der Waals surface area contributed by atoms with Crippen LogP contribution in [0, 0.1) is 10.1 Å². The van der Waals surface area contributed by atoms with Gasteiger partial charge in [-0.05, 0) is 31.2 Å². The molecule has 1 N–H and O–H groups in total. The van der Waals surface area contributed by atoms with Gasteiger partial charge in [0.2, 0.25) is 0 Å². The van der Waals surface area contributed by atoms with E-state index in [1.165, 1.54) is 31.3 Å². The van der Waals surface area contributed by atoms with E-state index >= 15 is 0 Å². The number of nitro groups is 1. The molecule has 1 aromatic heterocycles. The van der Waals surface area contributed by atoms with Crippen LogP contribution >= 0.6 is 34.5 Å². The summed E-state index contributed by atoms with van der Waals surface area (Å²) in [5, 5.41) is 15.1. The topological polar surface area (TPSA) is 93.8 Å². The molecule has 1 unspecified atom stereocenters. The van der Waals surface area contributed by atoms with Crippen LogP contribution in [-0.2, 0) is 4.79 Å². The third-order valence-corrected chi connectivity index (χ3v) is 4.23. The number of hydrogen-bond donors (Lipinski definition) is 1. The molecule has 0 aliphatic carbocycles. The van der Waals surface area contributed by atoms with Gasteiger partial charge in [0.25, 0.3) is 5.91 Å². The fraction of sp³-hybridized carbons (Fsp3) is 0.143. The molecule has 0 aliphatic rings. The van der Waals surface area contributed by atoms with Crippen molar-refractivity contribution in [3.63, 3.8) is 0 Å². The minimum Gasteiger partial charge on any atom is -0.479 e. The van der Waals surface area contributed by atoms with Gasteiger partial charge in [-0.1, -0.05) is 34.5 Å². The van der Waals surface area contributed by atoms with E-state index in [-0.39, 0.29) is 10.0 Å². The van der Waals surface area contributed by atoms with Crippen LogP contribution in [0.5, 0.6) is 5.75 Å². The highest BCUT2D eigenvalue weighted by Crippen LogP contribution is 2.28. The summed E-state index contributed by atoms with van der Waals surface area (Å²) < 4.78 is 5.44. The number of nitrogens with one attached hydrogen (secondary N) is 1. The third-order valence-electron chi connectivity index (χ3n) is 2.73. The molecule has 0 saturated heterocycles. The van der Waals surface area contributed by atoms with Crippen molar-refractivity contribution in [1.82, 2.24) is 5.43 Å². The summed E-state index contributed by atoms with van der Waals surface area (Å²) in [4.78, 5) is 22.5. The van der Waals surface area contributed by atoms with Gasteiger partial charge in [-0.2, -0.15) is 5.10 Å². The van der Waals surface area contributed by atoms with E-state index in [2.05, 4.69) is 10.5 Å². The van der Waals surface area contributed by atoms with Crippen LogP contribution < -0.4 is 10.2 Å². The molecule has 2 aromatic rings. The lowest BCUT2D eigenvalue weighted by atomic mass is 10.3. The molecule has 2 rings (SSSR count). The van der Waals surface area contributed by atoms with Gasteiger partial charge in [0, 0.05) is 11.1 Å². The minimum atomic E-state index is -0.849. The molecule has 0 spiro atoms. The van der Waals surface area contributed by atoms with Gasteiger partial charge in [-0.3, -0.25) is 14.9 Å². The predicted molar refractivity (Wildman–Crippen MR) is 93.3 cm³/mol. The smallest absolute Gasteiger partial charge is 0.324 e. The maximum absolute atomic E-state index is 11.9. The van der Waals surface area contributed by atoms with Crippen LogP contribution in [0.4, 0.5) is 5.00 Å². The van der Waals surface area contributed by atoms with Gasteiger partial charge in [0.1, 0.15) is 5.75 Å². The number of ether oxygens (including phenoxy) is 1. The number of thiophene rings is 1. The lowest BCUT2D eigenvalue weighted by Gasteiger charge is -2.14. The average molecular weight is 388 g/mol. The van der Waals surface area contributed by atoms with Gasteiger partial charge < -0.3 is 4.74 Å². The first-order chi connectivity index (χ1) is 11.4. The van der Waals surface area contributed by atoms with Crippen LogP contribution in [0.3, 0.4) is 0 Å². The fourth-order valence-electron chi connectivity index (χ4n) is 1.57. The van der Waals surface area contributed by atoms with E-state index in [0.717, 1.165) is 11.3 Å². The number of hydrogen-bond acceptors (Lipinski definition) is 6. The number of rotatable bonds is 6. The molecular formula is C14H11Cl2N3O4S. The molecule has 0 fully saturated rings. The second kappa shape index (κ2) is 8.09. The lowest BCUT2D eigenvalue weighted by Crippen LogP contribution is -2.33. The molecule has 0 aliphatic heterocycles. The van der Waals surface area contributed by atoms with Crippen LogP contribution in [0.1, 0.15) is 11.8 Å². The van der Waals surface area contributed by atoms with Crippen molar-refractivity contribution in [3.8, 4) is 5.75 Å². The van der Waals surface area contributed by atoms with Crippen molar-refractivity contribution in [2.75, 3.05) is 0 Å². The molecule has 1 amide bonds. The molecule has 126 valence electrons. The molecule has 24 heavy (non-hydrogen) atoms. The second-order valence-electron chi connectivity index (χ2n) is 4.50. The molecule has 0 radical (unpaired) electrons. The number of carbonyl (C=O) groups is 1. The minimum absolute atomic E-state index is 0.00291. The quantitative estimate of drug-likeness (QED) is 0.462. The number of carbonyl (C=O) groups excluding carboxylic acids is 1. The predicted octanol–water partition coefficient (Wildman–Crippen LogP) is 3.88. The SMILES string of the molecule is CC(Oc1ccc(Cl)cc1Cl)C(=O)NN=Cc1ccc([N+](=O)[O-])s1. The van der Waals surface area contributed by atoms with Gasteiger partial charge in [-0.15, -0.1) is 0 Å². The Morgan fingerprint density at radius 2 is 2.17 bits per heavy atom. The van der Waals surface area contributed by atoms with Crippen molar-refractivity contribution in [3.05, 3.63) is 55.4 Å². The normalized spacial score (nSPS) is 12.1. The van der Waals surface area contributed by atoms with Crippen molar-refractivity contribution < 1.29 is 14.5 Å². The van der Waals surface area contributed by atoms with Crippen LogP contribution in [-0.4, -0.2) is 23.1 Å². The number of halogens is 2. The molecule has 1 atom stereocenters. The number of nitrogens with zero attached hydrogens (tertiary/aromatic N) is 2. The van der Waals surface area contributed by atoms with Crippen LogP contribution in [0.15, 0.2) is 35.4 Å². The first-order valence-corrected chi connectivity index (χ1v) is 8.13. The average Bonchev–Trinajstić information content (AvgIpc) is 2.99. The summed E-state index contributed by atoms with van der Waals surface area (Å²) in [5.41, 5.74) is 2.29. The summed E-state index contributed by atoms with van der Waals surface area (Å²) in [7, 11) is 0. The standard InChI is InChI=1S/C14H11Cl2N3O4S/c1-8(23-12-4-2-9(15)6-11(12)16)14(20)18-17-7-10-3-5-13(24-10)19(21)22/h2-8H,1H3,(H,18,20). The molecular weight excluding hydrogens is 377 g/mol. The molecule has 0 bridgehead atoms. The van der Waals surface area contributed by atoms with Crippen molar-refractivity contribution in [2.24, 2.45) is 5.10 Å². The summed E-state index contributed by atoms with van der Waals surface area (Å²) in [6.45, 7) is 1.53. The summed E-state index contributed by atoms with van der Waals surface area (Å²) in [6, 6.07) is 7.55. The Kier molecular flexibility index (Phi) is 6.13. The van der Waals surface area contributed by atoms with E-state index in [1.807, 2.05) is 0 Å². The largest absolute Gasteiger partial charge is 0.479 e. The van der Waals surface area contributed by atoms with Gasteiger partial charge in [-0.25, -0.2) is 5.43 Å². The molecule has 0 saturated carbocycles. The first-order valence-electron chi connectivity index (χ1n) is 6.55. The monoisotopic (exact) mass is 387 g/mol. The molecule has 10 heteroatoms. The van der Waals surface area contributed by atoms with Gasteiger partial charge in [0.05, 0.1) is 21.0 Å². The highest BCUT2D eigenvalue weighted by atomic mass is 35.5. The zero-order valence-corrected chi connectivity index (χ0v) is 14.6. The third kappa shape index (κ3) is 4.92. The van der Waals surface area contributed by atoms with E-state index in [1.54, 1.807) is 12.1 Å². The molecule has 1 heterocycles.